The summed E-state index contributed by atoms with van der Waals surface area (Å²) in [5.41, 5.74) is 0. The Morgan fingerprint density at radius 3 is 3.00 bits per heavy atom. The average Bonchev–Trinajstić information content (AvgIpc) is 2.18. The van der Waals surface area contributed by atoms with Gasteiger partial charge in [-0.2, -0.15) is 0 Å². The van der Waals surface area contributed by atoms with Crippen LogP contribution in [0.3, 0.4) is 0 Å². The molecule has 14 heavy (non-hydrogen) atoms. The second kappa shape index (κ2) is 5.81. The lowest BCUT2D eigenvalue weighted by molar-refractivity contribution is -0.125. The van der Waals surface area contributed by atoms with Crippen molar-refractivity contribution in [2.24, 2.45) is 5.92 Å². The third kappa shape index (κ3) is 3.92. The van der Waals surface area contributed by atoms with E-state index in [1.54, 1.807) is 6.92 Å². The highest BCUT2D eigenvalue weighted by molar-refractivity contribution is 5.78. The van der Waals surface area contributed by atoms with Gasteiger partial charge in [-0.05, 0) is 32.6 Å². The number of aliphatic hydroxyl groups is 1. The van der Waals surface area contributed by atoms with E-state index in [1.165, 1.54) is 0 Å². The van der Waals surface area contributed by atoms with Gasteiger partial charge in [-0.15, -0.1) is 0 Å². The predicted octanol–water partition coefficient (Wildman–Crippen LogP) is 1.23. The molecule has 0 aliphatic heterocycles. The van der Waals surface area contributed by atoms with Crippen LogP contribution in [0.2, 0.25) is 0 Å². The fraction of sp³-hybridized carbons (Fsp3) is 0.727. The zero-order chi connectivity index (χ0) is 10.4. The van der Waals surface area contributed by atoms with Gasteiger partial charge in [0, 0.05) is 12.5 Å². The number of hydrogen-bond donors (Lipinski definition) is 2. The SMILES string of the molecule is CC(O)CCNC(=O)C1CC=CCC1. The molecule has 0 aromatic carbocycles. The lowest BCUT2D eigenvalue weighted by Crippen LogP contribution is -2.32. The molecule has 0 aromatic heterocycles. The molecule has 0 radical (unpaired) electrons. The number of carbonyl (C=O) groups excluding carboxylic acids is 1. The van der Waals surface area contributed by atoms with E-state index in [9.17, 15) is 4.79 Å². The van der Waals surface area contributed by atoms with Gasteiger partial charge in [-0.1, -0.05) is 12.2 Å². The molecule has 80 valence electrons. The first-order valence-electron chi connectivity index (χ1n) is 5.31. The van der Waals surface area contributed by atoms with Crippen molar-refractivity contribution in [1.29, 1.82) is 0 Å². The fourth-order valence-corrected chi connectivity index (χ4v) is 1.58. The van der Waals surface area contributed by atoms with Crippen molar-refractivity contribution in [3.05, 3.63) is 12.2 Å². The maximum atomic E-state index is 11.6. The first kappa shape index (κ1) is 11.2. The number of allylic oxidation sites excluding steroid dienone is 2. The van der Waals surface area contributed by atoms with E-state index in [1.807, 2.05) is 0 Å². The summed E-state index contributed by atoms with van der Waals surface area (Å²) in [6.45, 7) is 2.31. The molecule has 0 spiro atoms. The minimum absolute atomic E-state index is 0.134. The van der Waals surface area contributed by atoms with E-state index in [-0.39, 0.29) is 17.9 Å². The Bertz CT molecular complexity index is 211. The van der Waals surface area contributed by atoms with Gasteiger partial charge in [0.1, 0.15) is 0 Å². The second-order valence-corrected chi connectivity index (χ2v) is 3.91. The van der Waals surface area contributed by atoms with Gasteiger partial charge >= 0.3 is 0 Å². The molecule has 0 heterocycles. The molecule has 0 fully saturated rings. The van der Waals surface area contributed by atoms with Crippen molar-refractivity contribution >= 4 is 5.91 Å². The van der Waals surface area contributed by atoms with Crippen LogP contribution in [0.25, 0.3) is 0 Å². The van der Waals surface area contributed by atoms with Crippen molar-refractivity contribution in [3.63, 3.8) is 0 Å². The minimum Gasteiger partial charge on any atom is -0.393 e. The fourth-order valence-electron chi connectivity index (χ4n) is 1.58. The summed E-state index contributed by atoms with van der Waals surface area (Å²) in [7, 11) is 0. The van der Waals surface area contributed by atoms with E-state index in [2.05, 4.69) is 17.5 Å². The lowest BCUT2D eigenvalue weighted by atomic mass is 9.94. The first-order chi connectivity index (χ1) is 6.70. The summed E-state index contributed by atoms with van der Waals surface area (Å²) in [4.78, 5) is 11.6. The van der Waals surface area contributed by atoms with E-state index >= 15 is 0 Å². The van der Waals surface area contributed by atoms with Crippen LogP contribution in [-0.4, -0.2) is 23.7 Å². The van der Waals surface area contributed by atoms with Crippen LogP contribution in [0.15, 0.2) is 12.2 Å². The Labute approximate surface area is 85.2 Å². The monoisotopic (exact) mass is 197 g/mol. The molecule has 2 N–H and O–H groups in total. The zero-order valence-corrected chi connectivity index (χ0v) is 8.70. The number of carbonyl (C=O) groups is 1. The van der Waals surface area contributed by atoms with Crippen LogP contribution in [0.5, 0.6) is 0 Å². The average molecular weight is 197 g/mol. The van der Waals surface area contributed by atoms with Gasteiger partial charge in [0.15, 0.2) is 0 Å². The Morgan fingerprint density at radius 2 is 2.43 bits per heavy atom. The molecule has 0 saturated heterocycles. The van der Waals surface area contributed by atoms with Crippen LogP contribution in [0.4, 0.5) is 0 Å². The smallest absolute Gasteiger partial charge is 0.223 e. The van der Waals surface area contributed by atoms with Crippen LogP contribution in [0.1, 0.15) is 32.6 Å². The molecule has 3 heteroatoms. The Hall–Kier alpha value is -0.830. The molecular weight excluding hydrogens is 178 g/mol. The second-order valence-electron chi connectivity index (χ2n) is 3.91. The topological polar surface area (TPSA) is 49.3 Å². The lowest BCUT2D eigenvalue weighted by Gasteiger charge is -2.17. The predicted molar refractivity (Wildman–Crippen MR) is 55.8 cm³/mol. The van der Waals surface area contributed by atoms with Crippen molar-refractivity contribution in [2.45, 2.75) is 38.7 Å². The minimum atomic E-state index is -0.332. The van der Waals surface area contributed by atoms with Gasteiger partial charge in [-0.25, -0.2) is 0 Å². The number of rotatable bonds is 4. The zero-order valence-electron chi connectivity index (χ0n) is 8.70. The molecule has 1 rings (SSSR count). The highest BCUT2D eigenvalue weighted by Gasteiger charge is 2.17. The van der Waals surface area contributed by atoms with Crippen LogP contribution >= 0.6 is 0 Å². The van der Waals surface area contributed by atoms with Gasteiger partial charge in [0.2, 0.25) is 5.91 Å². The van der Waals surface area contributed by atoms with Crippen LogP contribution in [0, 0.1) is 5.92 Å². The molecule has 1 amide bonds. The number of aliphatic hydroxyl groups excluding tert-OH is 1. The van der Waals surface area contributed by atoms with Crippen LogP contribution < -0.4 is 5.32 Å². The van der Waals surface area contributed by atoms with E-state index < -0.39 is 0 Å². The summed E-state index contributed by atoms with van der Waals surface area (Å²) in [5.74, 6) is 0.281. The highest BCUT2D eigenvalue weighted by Crippen LogP contribution is 2.17. The molecular formula is C11H19NO2. The molecule has 3 nitrogen and oxygen atoms in total. The van der Waals surface area contributed by atoms with Gasteiger partial charge < -0.3 is 10.4 Å². The number of hydrogen-bond acceptors (Lipinski definition) is 2. The highest BCUT2D eigenvalue weighted by atomic mass is 16.3. The standard InChI is InChI=1S/C11H19NO2/c1-9(13)7-8-12-11(14)10-5-3-2-4-6-10/h2-3,9-10,13H,4-8H2,1H3,(H,12,14). The van der Waals surface area contributed by atoms with Crippen molar-refractivity contribution < 1.29 is 9.90 Å². The first-order valence-corrected chi connectivity index (χ1v) is 5.31. The van der Waals surface area contributed by atoms with Gasteiger partial charge in [-0.3, -0.25) is 4.79 Å². The summed E-state index contributed by atoms with van der Waals surface area (Å²) in [6.07, 6.45) is 7.32. The Balaban J connectivity index is 2.17. The summed E-state index contributed by atoms with van der Waals surface area (Å²) in [6, 6.07) is 0. The van der Waals surface area contributed by atoms with Gasteiger partial charge in [0.25, 0.3) is 0 Å². The van der Waals surface area contributed by atoms with Crippen molar-refractivity contribution in [3.8, 4) is 0 Å². The molecule has 0 saturated carbocycles. The quantitative estimate of drug-likeness (QED) is 0.666. The van der Waals surface area contributed by atoms with E-state index in [4.69, 9.17) is 5.11 Å². The maximum absolute atomic E-state index is 11.6. The summed E-state index contributed by atoms with van der Waals surface area (Å²) in [5, 5.41) is 11.9. The summed E-state index contributed by atoms with van der Waals surface area (Å²) < 4.78 is 0. The third-order valence-corrected chi connectivity index (χ3v) is 2.50. The molecule has 0 bridgehead atoms. The van der Waals surface area contributed by atoms with Crippen LogP contribution in [-0.2, 0) is 4.79 Å². The number of amides is 1. The van der Waals surface area contributed by atoms with E-state index in [0.717, 1.165) is 19.3 Å². The third-order valence-electron chi connectivity index (χ3n) is 2.50. The Morgan fingerprint density at radius 1 is 1.64 bits per heavy atom. The Kier molecular flexibility index (Phi) is 4.66. The molecule has 1 aliphatic carbocycles. The maximum Gasteiger partial charge on any atom is 0.223 e. The molecule has 2 atom stereocenters. The number of nitrogens with one attached hydrogen (secondary N) is 1. The normalized spacial score (nSPS) is 23.1. The van der Waals surface area contributed by atoms with E-state index in [0.29, 0.717) is 13.0 Å². The molecule has 0 aromatic rings. The molecule has 2 unspecified atom stereocenters. The summed E-state index contributed by atoms with van der Waals surface area (Å²) >= 11 is 0. The van der Waals surface area contributed by atoms with Crippen molar-refractivity contribution in [1.82, 2.24) is 5.32 Å². The van der Waals surface area contributed by atoms with Crippen molar-refractivity contribution in [2.75, 3.05) is 6.54 Å². The van der Waals surface area contributed by atoms with Gasteiger partial charge in [0.05, 0.1) is 6.10 Å². The molecule has 1 aliphatic rings. The largest absolute Gasteiger partial charge is 0.393 e.